The van der Waals surface area contributed by atoms with Gasteiger partial charge in [0.2, 0.25) is 5.91 Å². The highest BCUT2D eigenvalue weighted by Gasteiger charge is 2.35. The molecule has 0 fully saturated rings. The fraction of sp³-hybridized carbons (Fsp3) is 0.130. The zero-order valence-electron chi connectivity index (χ0n) is 19.1. The van der Waals surface area contributed by atoms with Gasteiger partial charge in [-0.15, -0.1) is 0 Å². The summed E-state index contributed by atoms with van der Waals surface area (Å²) in [5, 5.41) is 23.3. The van der Waals surface area contributed by atoms with Crippen molar-refractivity contribution in [1.29, 1.82) is 0 Å². The molecular weight excluding hydrogens is 494 g/mol. The smallest absolute Gasteiger partial charge is 0.337 e. The molecule has 2 N–H and O–H groups in total. The number of carboxylic acid groups (broad SMARTS) is 1. The highest BCUT2D eigenvalue weighted by molar-refractivity contribution is 7.93. The summed E-state index contributed by atoms with van der Waals surface area (Å²) in [7, 11) is -2.03. The number of benzene rings is 3. The molecule has 1 amide bonds. The zero-order valence-corrected chi connectivity index (χ0v) is 19.9. The quantitative estimate of drug-likeness (QED) is 0.305. The molecule has 0 bridgehead atoms. The van der Waals surface area contributed by atoms with Crippen LogP contribution in [0, 0.1) is 10.1 Å². The van der Waals surface area contributed by atoms with Crippen LogP contribution in [-0.4, -0.2) is 51.1 Å². The molecule has 0 aromatic heterocycles. The summed E-state index contributed by atoms with van der Waals surface area (Å²) < 4.78 is 38.5. The minimum Gasteiger partial charge on any atom is -0.497 e. The molecule has 0 heterocycles. The maximum atomic E-state index is 13.7. The first-order valence-corrected chi connectivity index (χ1v) is 11.6. The van der Waals surface area contributed by atoms with E-state index in [1.54, 1.807) is 0 Å². The average molecular weight is 516 g/mol. The number of nitro groups is 1. The lowest BCUT2D eigenvalue weighted by Crippen LogP contribution is -2.38. The second-order valence-electron chi connectivity index (χ2n) is 7.17. The number of rotatable bonds is 10. The molecule has 3 aromatic rings. The Labute approximate surface area is 205 Å². The summed E-state index contributed by atoms with van der Waals surface area (Å²) in [6.07, 6.45) is 0. The normalized spacial score (nSPS) is 10.8. The monoisotopic (exact) mass is 515 g/mol. The molecule has 3 aromatic carbocycles. The predicted octanol–water partition coefficient (Wildman–Crippen LogP) is 3.14. The van der Waals surface area contributed by atoms with Gasteiger partial charge < -0.3 is 19.9 Å². The highest BCUT2D eigenvalue weighted by Crippen LogP contribution is 2.37. The Hall–Kier alpha value is -4.65. The van der Waals surface area contributed by atoms with Crippen LogP contribution >= 0.6 is 0 Å². The van der Waals surface area contributed by atoms with Gasteiger partial charge in [-0.25, -0.2) is 13.2 Å². The summed E-state index contributed by atoms with van der Waals surface area (Å²) in [6.45, 7) is -0.856. The van der Waals surface area contributed by atoms with Crippen molar-refractivity contribution in [2.45, 2.75) is 4.90 Å². The molecule has 12 nitrogen and oxygen atoms in total. The van der Waals surface area contributed by atoms with Gasteiger partial charge in [0.25, 0.3) is 15.7 Å². The summed E-state index contributed by atoms with van der Waals surface area (Å²) in [4.78, 5) is 34.5. The zero-order chi connectivity index (χ0) is 26.5. The molecule has 0 unspecified atom stereocenters. The molecule has 188 valence electrons. The number of aromatic carboxylic acids is 1. The molecule has 0 saturated carbocycles. The van der Waals surface area contributed by atoms with Gasteiger partial charge in [-0.05, 0) is 30.3 Å². The number of hydrogen-bond acceptors (Lipinski definition) is 8. The van der Waals surface area contributed by atoms with Gasteiger partial charge in [-0.1, -0.05) is 24.3 Å². The molecule has 0 aliphatic carbocycles. The van der Waals surface area contributed by atoms with Crippen LogP contribution in [0.2, 0.25) is 0 Å². The number of carboxylic acids is 1. The van der Waals surface area contributed by atoms with Crippen molar-refractivity contribution in [3.8, 4) is 11.5 Å². The molecule has 0 aliphatic heterocycles. The molecule has 36 heavy (non-hydrogen) atoms. The van der Waals surface area contributed by atoms with Crippen LogP contribution in [0.5, 0.6) is 11.5 Å². The van der Waals surface area contributed by atoms with E-state index in [0.29, 0.717) is 10.1 Å². The van der Waals surface area contributed by atoms with Gasteiger partial charge in [-0.3, -0.25) is 19.2 Å². The van der Waals surface area contributed by atoms with Crippen LogP contribution in [0.3, 0.4) is 0 Å². The number of nitrogens with zero attached hydrogens (tertiary/aromatic N) is 2. The Balaban J connectivity index is 2.12. The van der Waals surface area contributed by atoms with E-state index in [1.807, 2.05) is 0 Å². The lowest BCUT2D eigenvalue weighted by atomic mass is 10.2. The third-order valence-electron chi connectivity index (χ3n) is 5.00. The van der Waals surface area contributed by atoms with Crippen molar-refractivity contribution in [3.63, 3.8) is 0 Å². The number of ether oxygens (including phenoxy) is 2. The first-order chi connectivity index (χ1) is 17.1. The molecule has 0 atom stereocenters. The maximum absolute atomic E-state index is 13.7. The van der Waals surface area contributed by atoms with Crippen molar-refractivity contribution in [2.24, 2.45) is 0 Å². The van der Waals surface area contributed by atoms with Crippen LogP contribution in [-0.2, 0) is 14.8 Å². The van der Waals surface area contributed by atoms with Crippen molar-refractivity contribution >= 4 is 39.0 Å². The molecule has 0 radical (unpaired) electrons. The minimum atomic E-state index is -4.70. The standard InChI is InChI=1S/C23H21N3O9S/c1-34-15-11-12-18(20(13-15)35-2)25(36(32,33)21-10-6-5-9-19(21)26(30)31)14-22(27)24-17-8-4-3-7-16(17)23(28)29/h3-13H,14H2,1-2H3,(H,24,27)(H,28,29). The number of nitrogens with one attached hydrogen (secondary N) is 1. The van der Waals surface area contributed by atoms with Gasteiger partial charge in [0.15, 0.2) is 4.90 Å². The Bertz CT molecular complexity index is 1420. The van der Waals surface area contributed by atoms with Crippen molar-refractivity contribution in [1.82, 2.24) is 0 Å². The molecule has 13 heteroatoms. The second-order valence-corrected chi connectivity index (χ2v) is 9.00. The number of para-hydroxylation sites is 2. The molecule has 0 saturated heterocycles. The third kappa shape index (κ3) is 5.36. The van der Waals surface area contributed by atoms with Gasteiger partial charge in [-0.2, -0.15) is 0 Å². The van der Waals surface area contributed by atoms with Gasteiger partial charge in [0, 0.05) is 12.1 Å². The van der Waals surface area contributed by atoms with Crippen LogP contribution in [0.25, 0.3) is 0 Å². The van der Waals surface area contributed by atoms with E-state index in [2.05, 4.69) is 5.32 Å². The van der Waals surface area contributed by atoms with Crippen LogP contribution in [0.1, 0.15) is 10.4 Å². The maximum Gasteiger partial charge on any atom is 0.337 e. The number of carbonyl (C=O) groups is 2. The molecule has 0 spiro atoms. The number of sulfonamides is 1. The SMILES string of the molecule is COc1ccc(N(CC(=O)Nc2ccccc2C(=O)O)S(=O)(=O)c2ccccc2[N+](=O)[O-])c(OC)c1. The van der Waals surface area contributed by atoms with Crippen LogP contribution < -0.4 is 19.1 Å². The molecule has 0 aliphatic rings. The number of carbonyl (C=O) groups excluding carboxylic acids is 1. The Morgan fingerprint density at radius 1 is 1.03 bits per heavy atom. The van der Waals surface area contributed by atoms with Crippen LogP contribution in [0.4, 0.5) is 17.1 Å². The number of amides is 1. The van der Waals surface area contributed by atoms with E-state index in [0.717, 1.165) is 12.1 Å². The number of nitro benzene ring substituents is 1. The Kier molecular flexibility index (Phi) is 7.74. The number of methoxy groups -OCH3 is 2. The van der Waals surface area contributed by atoms with E-state index in [1.165, 1.54) is 68.8 Å². The Morgan fingerprint density at radius 2 is 1.69 bits per heavy atom. The topological polar surface area (TPSA) is 165 Å². The fourth-order valence-corrected chi connectivity index (χ4v) is 4.93. The van der Waals surface area contributed by atoms with E-state index in [4.69, 9.17) is 9.47 Å². The fourth-order valence-electron chi connectivity index (χ4n) is 3.33. The van der Waals surface area contributed by atoms with E-state index >= 15 is 0 Å². The van der Waals surface area contributed by atoms with E-state index in [9.17, 15) is 33.2 Å². The lowest BCUT2D eigenvalue weighted by molar-refractivity contribution is -0.387. The summed E-state index contributed by atoms with van der Waals surface area (Å²) in [5.41, 5.74) is -1.05. The lowest BCUT2D eigenvalue weighted by Gasteiger charge is -2.26. The van der Waals surface area contributed by atoms with Gasteiger partial charge in [0.1, 0.15) is 18.0 Å². The second kappa shape index (κ2) is 10.7. The van der Waals surface area contributed by atoms with Crippen molar-refractivity contribution < 1.29 is 37.5 Å². The highest BCUT2D eigenvalue weighted by atomic mass is 32.2. The number of hydrogen-bond donors (Lipinski definition) is 2. The largest absolute Gasteiger partial charge is 0.497 e. The first kappa shape index (κ1) is 26.0. The van der Waals surface area contributed by atoms with E-state index < -0.39 is 44.0 Å². The molecular formula is C23H21N3O9S. The average Bonchev–Trinajstić information content (AvgIpc) is 2.87. The number of anilines is 2. The van der Waals surface area contributed by atoms with E-state index in [-0.39, 0.29) is 22.7 Å². The first-order valence-electron chi connectivity index (χ1n) is 10.2. The summed E-state index contributed by atoms with van der Waals surface area (Å²) in [5.74, 6) is -1.86. The van der Waals surface area contributed by atoms with Crippen LogP contribution in [0.15, 0.2) is 71.6 Å². The van der Waals surface area contributed by atoms with Gasteiger partial charge in [0.05, 0.1) is 36.1 Å². The van der Waals surface area contributed by atoms with Crippen molar-refractivity contribution in [3.05, 3.63) is 82.4 Å². The van der Waals surface area contributed by atoms with Crippen molar-refractivity contribution in [2.75, 3.05) is 30.4 Å². The summed E-state index contributed by atoms with van der Waals surface area (Å²) in [6, 6.07) is 14.4. The predicted molar refractivity (Wildman–Crippen MR) is 129 cm³/mol. The molecule has 3 rings (SSSR count). The van der Waals surface area contributed by atoms with Gasteiger partial charge >= 0.3 is 5.97 Å². The Morgan fingerprint density at radius 3 is 2.33 bits per heavy atom. The minimum absolute atomic E-state index is 0.00949. The third-order valence-corrected chi connectivity index (χ3v) is 6.81. The summed E-state index contributed by atoms with van der Waals surface area (Å²) >= 11 is 0.